The van der Waals surface area contributed by atoms with Crippen LogP contribution in [0.1, 0.15) is 35.1 Å². The van der Waals surface area contributed by atoms with Crippen LogP contribution in [0.3, 0.4) is 0 Å². The summed E-state index contributed by atoms with van der Waals surface area (Å²) in [6.45, 7) is 0. The molecule has 53 heavy (non-hydrogen) atoms. The van der Waals surface area contributed by atoms with E-state index in [0.29, 0.717) is 5.56 Å². The molecule has 0 unspecified atom stereocenters. The van der Waals surface area contributed by atoms with Gasteiger partial charge in [-0.15, -0.1) is 0 Å². The van der Waals surface area contributed by atoms with Gasteiger partial charge in [0.2, 0.25) is 0 Å². The van der Waals surface area contributed by atoms with Gasteiger partial charge in [0.1, 0.15) is 11.9 Å². The third-order valence-corrected chi connectivity index (χ3v) is 8.61. The molecule has 0 spiro atoms. The number of hydrogen-bond acceptors (Lipinski definition) is 7. The molecular weight excluding hydrogens is 706 g/mol. The standard InChI is InChI=1S/C40H38F6O7/c1-49-33(25-21-28-13-7-4-8-14-28)27-34(53-36(48)38(51-3,40(44,45)46)31-17-11-6-12-18-31)26-22-29-19-23-32(24-20-29)52-35(47)37(50-2,39(41,42)43)30-15-9-5-10-16-30/h4-21,23-25,33-34H,22,26-27H2,1-3H3/b25-21+/t33-,34+,37-,38-/m1/s1. The number of esters is 2. The SMILES string of the molecule is CO[C@H](/C=C/c1ccccc1)C[C@H](CCc1ccc(OC(=O)[C@](OC)(c2ccccc2)C(F)(F)F)cc1)OC(=O)[C@](OC)(c1ccccc1)C(F)(F)F. The molecule has 0 aliphatic rings. The molecule has 0 N–H and O–H groups in total. The monoisotopic (exact) mass is 744 g/mol. The lowest BCUT2D eigenvalue weighted by atomic mass is 9.92. The Balaban J connectivity index is 1.57. The highest BCUT2D eigenvalue weighted by Gasteiger charge is 2.65. The average molecular weight is 745 g/mol. The summed E-state index contributed by atoms with van der Waals surface area (Å²) in [5.74, 6) is -3.60. The molecular formula is C40H38F6O7. The number of halogens is 6. The highest BCUT2D eigenvalue weighted by Crippen LogP contribution is 2.44. The van der Waals surface area contributed by atoms with Crippen molar-refractivity contribution >= 4 is 18.0 Å². The normalized spacial score (nSPS) is 15.6. The van der Waals surface area contributed by atoms with Crippen molar-refractivity contribution in [3.05, 3.63) is 144 Å². The predicted octanol–water partition coefficient (Wildman–Crippen LogP) is 8.76. The first-order chi connectivity index (χ1) is 25.2. The molecule has 0 aliphatic carbocycles. The van der Waals surface area contributed by atoms with Crippen LogP contribution in [0.25, 0.3) is 6.08 Å². The largest absolute Gasteiger partial charge is 0.460 e. The average Bonchev–Trinajstić information content (AvgIpc) is 3.14. The van der Waals surface area contributed by atoms with Gasteiger partial charge in [0.15, 0.2) is 0 Å². The van der Waals surface area contributed by atoms with E-state index in [9.17, 15) is 35.9 Å². The Morgan fingerprint density at radius 3 is 1.57 bits per heavy atom. The zero-order chi connectivity index (χ0) is 38.7. The predicted molar refractivity (Wildman–Crippen MR) is 184 cm³/mol. The number of benzene rings is 4. The van der Waals surface area contributed by atoms with Crippen LogP contribution in [0.2, 0.25) is 0 Å². The van der Waals surface area contributed by atoms with Gasteiger partial charge in [-0.3, -0.25) is 0 Å². The van der Waals surface area contributed by atoms with Gasteiger partial charge in [0, 0.05) is 38.9 Å². The number of methoxy groups -OCH3 is 3. The first kappa shape index (κ1) is 40.8. The number of hydrogen-bond donors (Lipinski definition) is 0. The molecule has 7 nitrogen and oxygen atoms in total. The van der Waals surface area contributed by atoms with Crippen molar-refractivity contribution in [2.45, 2.75) is 55.0 Å². The number of carbonyl (C=O) groups excluding carboxylic acids is 2. The summed E-state index contributed by atoms with van der Waals surface area (Å²) in [4.78, 5) is 26.6. The molecule has 0 saturated heterocycles. The summed E-state index contributed by atoms with van der Waals surface area (Å²) in [6, 6.07) is 27.4. The van der Waals surface area contributed by atoms with Crippen LogP contribution in [0.15, 0.2) is 121 Å². The van der Waals surface area contributed by atoms with E-state index in [-0.39, 0.29) is 25.0 Å². The van der Waals surface area contributed by atoms with E-state index in [1.165, 1.54) is 67.8 Å². The van der Waals surface area contributed by atoms with E-state index in [4.69, 9.17) is 23.7 Å². The summed E-state index contributed by atoms with van der Waals surface area (Å²) in [5.41, 5.74) is -6.37. The molecule has 0 heterocycles. The van der Waals surface area contributed by atoms with E-state index < -0.39 is 58.8 Å². The van der Waals surface area contributed by atoms with E-state index >= 15 is 0 Å². The Hall–Kier alpha value is -4.98. The van der Waals surface area contributed by atoms with Gasteiger partial charge in [-0.25, -0.2) is 9.59 Å². The number of aryl methyl sites for hydroxylation is 1. The maximum atomic E-state index is 14.7. The van der Waals surface area contributed by atoms with Crippen molar-refractivity contribution in [2.24, 2.45) is 0 Å². The Morgan fingerprint density at radius 2 is 1.11 bits per heavy atom. The van der Waals surface area contributed by atoms with Gasteiger partial charge < -0.3 is 23.7 Å². The topological polar surface area (TPSA) is 80.3 Å². The highest BCUT2D eigenvalue weighted by molar-refractivity contribution is 5.85. The van der Waals surface area contributed by atoms with Crippen LogP contribution in [0.5, 0.6) is 5.75 Å². The quantitative estimate of drug-likeness (QED) is 0.0645. The van der Waals surface area contributed by atoms with Crippen molar-refractivity contribution in [2.75, 3.05) is 21.3 Å². The zero-order valence-corrected chi connectivity index (χ0v) is 29.0. The second kappa shape index (κ2) is 17.7. The summed E-state index contributed by atoms with van der Waals surface area (Å²) in [6.07, 6.45) is -8.62. The van der Waals surface area contributed by atoms with Gasteiger partial charge in [-0.2, -0.15) is 26.3 Å². The van der Waals surface area contributed by atoms with Gasteiger partial charge in [-0.05, 0) is 36.1 Å². The second-order valence-electron chi connectivity index (χ2n) is 11.9. The molecule has 0 amide bonds. The van der Waals surface area contributed by atoms with Crippen LogP contribution in [-0.2, 0) is 46.2 Å². The lowest BCUT2D eigenvalue weighted by molar-refractivity contribution is -0.278. The summed E-state index contributed by atoms with van der Waals surface area (Å²) >= 11 is 0. The third-order valence-electron chi connectivity index (χ3n) is 8.61. The van der Waals surface area contributed by atoms with Gasteiger partial charge >= 0.3 is 24.3 Å². The van der Waals surface area contributed by atoms with E-state index in [2.05, 4.69) is 0 Å². The summed E-state index contributed by atoms with van der Waals surface area (Å²) < 4.78 is 113. The maximum absolute atomic E-state index is 14.7. The molecule has 0 saturated carbocycles. The molecule has 0 bridgehead atoms. The Bertz CT molecular complexity index is 1780. The number of carbonyl (C=O) groups is 2. The smallest absolute Gasteiger partial charge is 0.432 e. The molecule has 4 aromatic rings. The van der Waals surface area contributed by atoms with E-state index in [1.807, 2.05) is 30.3 Å². The number of ether oxygens (including phenoxy) is 5. The molecule has 0 fully saturated rings. The zero-order valence-electron chi connectivity index (χ0n) is 29.0. The molecule has 4 atom stereocenters. The van der Waals surface area contributed by atoms with Gasteiger partial charge in [-0.1, -0.05) is 115 Å². The second-order valence-corrected chi connectivity index (χ2v) is 11.9. The van der Waals surface area contributed by atoms with Crippen LogP contribution < -0.4 is 4.74 Å². The molecule has 4 rings (SSSR count). The fourth-order valence-electron chi connectivity index (χ4n) is 5.76. The van der Waals surface area contributed by atoms with Gasteiger partial charge in [0.25, 0.3) is 11.2 Å². The molecule has 0 radical (unpaired) electrons. The summed E-state index contributed by atoms with van der Waals surface area (Å²) in [7, 11) is 2.94. The number of rotatable bonds is 16. The minimum atomic E-state index is -5.20. The number of alkyl halides is 6. The molecule has 13 heteroatoms. The minimum Gasteiger partial charge on any atom is -0.460 e. The molecule has 0 aromatic heterocycles. The molecule has 4 aromatic carbocycles. The Kier molecular flexibility index (Phi) is 13.6. The highest BCUT2D eigenvalue weighted by atomic mass is 19.4. The van der Waals surface area contributed by atoms with E-state index in [0.717, 1.165) is 44.0 Å². The lowest BCUT2D eigenvalue weighted by Gasteiger charge is -2.34. The van der Waals surface area contributed by atoms with E-state index in [1.54, 1.807) is 12.2 Å². The maximum Gasteiger partial charge on any atom is 0.432 e. The lowest BCUT2D eigenvalue weighted by Crippen LogP contribution is -2.52. The van der Waals surface area contributed by atoms with Crippen molar-refractivity contribution in [1.29, 1.82) is 0 Å². The third kappa shape index (κ3) is 9.34. The van der Waals surface area contributed by atoms with Crippen molar-refractivity contribution in [1.82, 2.24) is 0 Å². The Morgan fingerprint density at radius 1 is 0.642 bits per heavy atom. The van der Waals surface area contributed by atoms with Crippen molar-refractivity contribution < 1.29 is 59.6 Å². The van der Waals surface area contributed by atoms with Crippen LogP contribution >= 0.6 is 0 Å². The van der Waals surface area contributed by atoms with Gasteiger partial charge in [0.05, 0.1) is 6.10 Å². The summed E-state index contributed by atoms with van der Waals surface area (Å²) in [5, 5.41) is 0. The first-order valence-electron chi connectivity index (χ1n) is 16.3. The van der Waals surface area contributed by atoms with Crippen molar-refractivity contribution in [3.63, 3.8) is 0 Å². The Labute approximate surface area is 303 Å². The van der Waals surface area contributed by atoms with Crippen LogP contribution in [-0.4, -0.2) is 57.8 Å². The molecule has 0 aliphatic heterocycles. The molecule has 282 valence electrons. The fourth-order valence-corrected chi connectivity index (χ4v) is 5.76. The van der Waals surface area contributed by atoms with Crippen molar-refractivity contribution in [3.8, 4) is 5.75 Å². The first-order valence-corrected chi connectivity index (χ1v) is 16.3. The van der Waals surface area contributed by atoms with Crippen LogP contribution in [0, 0.1) is 0 Å². The van der Waals surface area contributed by atoms with Crippen LogP contribution in [0.4, 0.5) is 26.3 Å². The minimum absolute atomic E-state index is 0.00518. The fraction of sp³-hybridized carbons (Fsp3) is 0.300.